The molecule has 105 valence electrons. The zero-order chi connectivity index (χ0) is 13.1. The van der Waals surface area contributed by atoms with Crippen LogP contribution in [0.1, 0.15) is 77.6 Å². The summed E-state index contributed by atoms with van der Waals surface area (Å²) >= 11 is 0. The van der Waals surface area contributed by atoms with Crippen molar-refractivity contribution in [2.45, 2.75) is 77.6 Å². The summed E-state index contributed by atoms with van der Waals surface area (Å²) in [5.41, 5.74) is 0. The van der Waals surface area contributed by atoms with E-state index in [9.17, 15) is 4.79 Å². The van der Waals surface area contributed by atoms with Gasteiger partial charge in [0, 0.05) is 0 Å². The molecule has 1 aliphatic carbocycles. The summed E-state index contributed by atoms with van der Waals surface area (Å²) in [6.07, 6.45) is 12.5. The van der Waals surface area contributed by atoms with Crippen LogP contribution in [0.4, 0.5) is 0 Å². The molecule has 0 spiro atoms. The fraction of sp³-hybridized carbons (Fsp3) is 0.867. The Balaban J connectivity index is 1.89. The second kappa shape index (κ2) is 10.4. The molecular weight excluding hydrogens is 228 g/mol. The minimum absolute atomic E-state index is 0.235. The second-order valence-corrected chi connectivity index (χ2v) is 5.12. The third-order valence-corrected chi connectivity index (χ3v) is 3.46. The van der Waals surface area contributed by atoms with Gasteiger partial charge < -0.3 is 0 Å². The van der Waals surface area contributed by atoms with E-state index in [4.69, 9.17) is 9.78 Å². The average Bonchev–Trinajstić information content (AvgIpc) is 2.42. The van der Waals surface area contributed by atoms with Gasteiger partial charge >= 0.3 is 5.97 Å². The molecule has 0 aromatic carbocycles. The van der Waals surface area contributed by atoms with E-state index in [0.29, 0.717) is 6.61 Å². The summed E-state index contributed by atoms with van der Waals surface area (Å²) in [6.45, 7) is 2.75. The first kappa shape index (κ1) is 15.5. The lowest BCUT2D eigenvalue weighted by atomic mass is 9.89. The zero-order valence-electron chi connectivity index (χ0n) is 11.7. The highest BCUT2D eigenvalue weighted by molar-refractivity contribution is 5.84. The number of carbonyl (C=O) groups is 1. The van der Waals surface area contributed by atoms with Crippen molar-refractivity contribution < 1.29 is 14.6 Å². The van der Waals surface area contributed by atoms with Gasteiger partial charge in [-0.2, -0.15) is 4.89 Å². The first-order valence-electron chi connectivity index (χ1n) is 7.53. The molecule has 0 aromatic rings. The van der Waals surface area contributed by atoms with Gasteiger partial charge in [0.2, 0.25) is 0 Å². The Morgan fingerprint density at radius 1 is 1.00 bits per heavy atom. The van der Waals surface area contributed by atoms with Crippen molar-refractivity contribution in [1.29, 1.82) is 0 Å². The molecule has 3 nitrogen and oxygen atoms in total. The Morgan fingerprint density at radius 3 is 2.39 bits per heavy atom. The van der Waals surface area contributed by atoms with E-state index in [1.54, 1.807) is 0 Å². The number of hydrogen-bond donors (Lipinski definition) is 0. The molecule has 0 amide bonds. The molecule has 0 aromatic heterocycles. The Kier molecular flexibility index (Phi) is 8.92. The number of rotatable bonds is 9. The molecule has 3 heteroatoms. The third kappa shape index (κ3) is 7.00. The van der Waals surface area contributed by atoms with Gasteiger partial charge in [-0.05, 0) is 19.3 Å². The molecule has 1 fully saturated rings. The van der Waals surface area contributed by atoms with Crippen LogP contribution < -0.4 is 0 Å². The molecule has 1 saturated carbocycles. The maximum atomic E-state index is 11.6. The van der Waals surface area contributed by atoms with E-state index in [0.717, 1.165) is 44.4 Å². The van der Waals surface area contributed by atoms with Crippen LogP contribution in [0.3, 0.4) is 0 Å². The van der Waals surface area contributed by atoms with Crippen LogP contribution in [-0.2, 0) is 14.6 Å². The zero-order valence-corrected chi connectivity index (χ0v) is 11.7. The van der Waals surface area contributed by atoms with Gasteiger partial charge in [0.25, 0.3) is 0 Å². The van der Waals surface area contributed by atoms with Gasteiger partial charge in [-0.25, -0.2) is 4.79 Å². The Morgan fingerprint density at radius 2 is 1.67 bits per heavy atom. The molecule has 1 radical (unpaired) electrons. The molecule has 0 aliphatic heterocycles. The standard InChI is InChI=1S/C15H27O3/c1-2-3-4-5-6-10-13-17-18-15(16)14-11-8-7-9-12-14/h2-13H2,1H3. The fourth-order valence-electron chi connectivity index (χ4n) is 2.28. The largest absolute Gasteiger partial charge is 0.349 e. The number of carbonyl (C=O) groups excluding carboxylic acids is 1. The maximum absolute atomic E-state index is 11.6. The van der Waals surface area contributed by atoms with E-state index in [-0.39, 0.29) is 5.97 Å². The highest BCUT2D eigenvalue weighted by Gasteiger charge is 2.24. The molecule has 0 N–H and O–H groups in total. The Bertz CT molecular complexity index is 210. The molecular formula is C15H27O3. The van der Waals surface area contributed by atoms with Gasteiger partial charge in [0.15, 0.2) is 0 Å². The van der Waals surface area contributed by atoms with Crippen molar-refractivity contribution in [3.8, 4) is 0 Å². The quantitative estimate of drug-likeness (QED) is 0.349. The first-order chi connectivity index (χ1) is 8.84. The molecule has 0 unspecified atom stereocenters. The van der Waals surface area contributed by atoms with Crippen LogP contribution in [-0.4, -0.2) is 12.6 Å². The summed E-state index contributed by atoms with van der Waals surface area (Å²) in [5.74, 6) is 0.671. The predicted octanol–water partition coefficient (Wildman–Crippen LogP) is 4.36. The van der Waals surface area contributed by atoms with E-state index < -0.39 is 0 Å². The van der Waals surface area contributed by atoms with Gasteiger partial charge in [0.1, 0.15) is 0 Å². The van der Waals surface area contributed by atoms with Crippen molar-refractivity contribution in [3.05, 3.63) is 5.92 Å². The van der Waals surface area contributed by atoms with Crippen molar-refractivity contribution in [2.24, 2.45) is 0 Å². The third-order valence-electron chi connectivity index (χ3n) is 3.46. The van der Waals surface area contributed by atoms with E-state index in [1.165, 1.54) is 32.1 Å². The summed E-state index contributed by atoms with van der Waals surface area (Å²) in [6, 6.07) is 0. The highest BCUT2D eigenvalue weighted by atomic mass is 17.2. The van der Waals surface area contributed by atoms with Gasteiger partial charge in [0.05, 0.1) is 12.5 Å². The molecule has 0 heterocycles. The number of hydrogen-bond acceptors (Lipinski definition) is 3. The summed E-state index contributed by atoms with van der Waals surface area (Å²) in [7, 11) is 0. The van der Waals surface area contributed by atoms with Crippen LogP contribution in [0.5, 0.6) is 0 Å². The van der Waals surface area contributed by atoms with Crippen molar-refractivity contribution in [2.75, 3.05) is 6.61 Å². The maximum Gasteiger partial charge on any atom is 0.349 e. The van der Waals surface area contributed by atoms with E-state index in [2.05, 4.69) is 6.92 Å². The molecule has 1 aliphatic rings. The molecule has 0 bridgehead atoms. The molecule has 18 heavy (non-hydrogen) atoms. The van der Waals surface area contributed by atoms with Crippen LogP contribution in [0.2, 0.25) is 0 Å². The normalized spacial score (nSPS) is 16.7. The van der Waals surface area contributed by atoms with Crippen molar-refractivity contribution >= 4 is 5.97 Å². The lowest BCUT2D eigenvalue weighted by molar-refractivity contribution is -0.271. The van der Waals surface area contributed by atoms with E-state index >= 15 is 0 Å². The minimum atomic E-state index is -0.235. The monoisotopic (exact) mass is 255 g/mol. The second-order valence-electron chi connectivity index (χ2n) is 5.12. The van der Waals surface area contributed by atoms with Gasteiger partial charge in [-0.15, -0.1) is 0 Å². The van der Waals surface area contributed by atoms with Crippen LogP contribution in [0.15, 0.2) is 0 Å². The van der Waals surface area contributed by atoms with Crippen molar-refractivity contribution in [1.82, 2.24) is 0 Å². The van der Waals surface area contributed by atoms with Crippen LogP contribution in [0, 0.1) is 5.92 Å². The molecule has 0 atom stereocenters. The van der Waals surface area contributed by atoms with Gasteiger partial charge in [-0.3, -0.25) is 4.89 Å². The Labute approximate surface area is 111 Å². The van der Waals surface area contributed by atoms with Crippen molar-refractivity contribution in [3.63, 3.8) is 0 Å². The summed E-state index contributed by atoms with van der Waals surface area (Å²) in [4.78, 5) is 21.4. The minimum Gasteiger partial charge on any atom is -0.298 e. The summed E-state index contributed by atoms with van der Waals surface area (Å²) in [5, 5.41) is 0. The average molecular weight is 255 g/mol. The number of unbranched alkanes of at least 4 members (excludes halogenated alkanes) is 5. The smallest absolute Gasteiger partial charge is 0.298 e. The fourth-order valence-corrected chi connectivity index (χ4v) is 2.28. The first-order valence-corrected chi connectivity index (χ1v) is 7.53. The predicted molar refractivity (Wildman–Crippen MR) is 71.7 cm³/mol. The van der Waals surface area contributed by atoms with Gasteiger partial charge in [-0.1, -0.05) is 58.3 Å². The molecule has 1 rings (SSSR count). The summed E-state index contributed by atoms with van der Waals surface area (Å²) < 4.78 is 0. The molecule has 0 saturated heterocycles. The van der Waals surface area contributed by atoms with Crippen LogP contribution >= 0.6 is 0 Å². The Hall–Kier alpha value is -0.570. The topological polar surface area (TPSA) is 35.5 Å². The highest BCUT2D eigenvalue weighted by Crippen LogP contribution is 2.26. The lowest BCUT2D eigenvalue weighted by Crippen LogP contribution is -2.18. The van der Waals surface area contributed by atoms with Crippen LogP contribution in [0.25, 0.3) is 0 Å². The lowest BCUT2D eigenvalue weighted by Gasteiger charge is -2.18. The van der Waals surface area contributed by atoms with E-state index in [1.807, 2.05) is 0 Å². The SMILES string of the molecule is CCCCCCCCOOC(=O)[C]1CCCCC1.